The van der Waals surface area contributed by atoms with E-state index in [4.69, 9.17) is 9.47 Å². The molecule has 3 aliphatic carbocycles. The van der Waals surface area contributed by atoms with E-state index in [-0.39, 0.29) is 42.3 Å². The van der Waals surface area contributed by atoms with Crippen LogP contribution >= 0.6 is 15.9 Å². The van der Waals surface area contributed by atoms with Gasteiger partial charge in [-0.2, -0.15) is 10.1 Å². The van der Waals surface area contributed by atoms with Gasteiger partial charge in [-0.3, -0.25) is 9.59 Å². The fourth-order valence-electron chi connectivity index (χ4n) is 4.32. The molecule has 2 amide bonds. The zero-order chi connectivity index (χ0) is 17.1. The number of carbonyl (C=O) groups excluding carboxylic acids is 2. The molecule has 2 heterocycles. The number of amides is 2. The van der Waals surface area contributed by atoms with Crippen molar-refractivity contribution in [3.8, 4) is 11.5 Å². The van der Waals surface area contributed by atoms with Crippen LogP contribution in [0.5, 0.6) is 11.5 Å². The smallest absolute Gasteiger partial charge is 0.254 e. The standard InChI is InChI=1S/C18H15BrN2O4/c19-12-6-14-13(24-8-25-14)5-11(12)7-20-21-17(22)15-9-1-2-10(4-3-9)16(15)18(21)23/h1-2,5-7,9-10,15-16H,3-4,8H2/b20-7-/t9-,10+,15-,16+. The Morgan fingerprint density at radius 2 is 1.64 bits per heavy atom. The topological polar surface area (TPSA) is 68.2 Å². The number of carbonyl (C=O) groups is 2. The fourth-order valence-corrected chi connectivity index (χ4v) is 4.75. The number of hydrazone groups is 1. The van der Waals surface area contributed by atoms with Crippen LogP contribution in [0.15, 0.2) is 33.9 Å². The molecule has 7 heteroatoms. The van der Waals surface area contributed by atoms with Crippen LogP contribution in [0.25, 0.3) is 0 Å². The number of rotatable bonds is 2. The van der Waals surface area contributed by atoms with E-state index in [1.807, 2.05) is 0 Å². The van der Waals surface area contributed by atoms with Gasteiger partial charge in [-0.1, -0.05) is 12.2 Å². The van der Waals surface area contributed by atoms with Gasteiger partial charge in [0.1, 0.15) is 0 Å². The molecule has 0 spiro atoms. The summed E-state index contributed by atoms with van der Waals surface area (Å²) in [6.07, 6.45) is 7.68. The zero-order valence-electron chi connectivity index (χ0n) is 13.2. The van der Waals surface area contributed by atoms with Gasteiger partial charge in [-0.25, -0.2) is 0 Å². The molecule has 5 aliphatic rings. The molecule has 2 fully saturated rings. The number of halogens is 1. The van der Waals surface area contributed by atoms with Crippen LogP contribution in [-0.4, -0.2) is 29.8 Å². The van der Waals surface area contributed by atoms with Crippen LogP contribution in [-0.2, 0) is 9.59 Å². The van der Waals surface area contributed by atoms with E-state index < -0.39 is 0 Å². The predicted molar refractivity (Wildman–Crippen MR) is 92.0 cm³/mol. The average Bonchev–Trinajstić information content (AvgIpc) is 3.18. The third-order valence-electron chi connectivity index (χ3n) is 5.54. The van der Waals surface area contributed by atoms with Crippen molar-refractivity contribution < 1.29 is 19.1 Å². The van der Waals surface area contributed by atoms with Crippen molar-refractivity contribution >= 4 is 34.0 Å². The van der Waals surface area contributed by atoms with Gasteiger partial charge in [0.15, 0.2) is 11.5 Å². The van der Waals surface area contributed by atoms with Crippen LogP contribution in [0.3, 0.4) is 0 Å². The molecule has 1 aromatic carbocycles. The Bertz CT molecular complexity index is 818. The molecule has 0 unspecified atom stereocenters. The molecule has 6 rings (SSSR count). The number of hydrogen-bond acceptors (Lipinski definition) is 5. The van der Waals surface area contributed by atoms with E-state index in [9.17, 15) is 9.59 Å². The lowest BCUT2D eigenvalue weighted by Gasteiger charge is -2.37. The van der Waals surface area contributed by atoms with Gasteiger partial charge in [-0.05, 0) is 52.7 Å². The van der Waals surface area contributed by atoms with Gasteiger partial charge in [0.2, 0.25) is 6.79 Å². The fraction of sp³-hybridized carbons (Fsp3) is 0.389. The summed E-state index contributed by atoms with van der Waals surface area (Å²) in [5.74, 6) is 0.782. The lowest BCUT2D eigenvalue weighted by molar-refractivity contribution is -0.140. The number of benzene rings is 1. The third kappa shape index (κ3) is 2.18. The number of allylic oxidation sites excluding steroid dienone is 2. The molecule has 128 valence electrons. The van der Waals surface area contributed by atoms with Gasteiger partial charge in [-0.15, -0.1) is 0 Å². The Morgan fingerprint density at radius 1 is 1.04 bits per heavy atom. The van der Waals surface area contributed by atoms with Crippen molar-refractivity contribution in [2.75, 3.05) is 6.79 Å². The Hall–Kier alpha value is -2.15. The number of hydrogen-bond donors (Lipinski definition) is 0. The molecule has 25 heavy (non-hydrogen) atoms. The van der Waals surface area contributed by atoms with Crippen molar-refractivity contribution in [1.82, 2.24) is 5.01 Å². The second-order valence-electron chi connectivity index (χ2n) is 6.80. The Balaban J connectivity index is 1.44. The van der Waals surface area contributed by atoms with Gasteiger partial charge in [0, 0.05) is 10.0 Å². The minimum atomic E-state index is -0.242. The molecule has 6 nitrogen and oxygen atoms in total. The third-order valence-corrected chi connectivity index (χ3v) is 6.23. The van der Waals surface area contributed by atoms with Gasteiger partial charge in [0.05, 0.1) is 18.1 Å². The minimum Gasteiger partial charge on any atom is -0.454 e. The largest absolute Gasteiger partial charge is 0.454 e. The van der Waals surface area contributed by atoms with E-state index in [2.05, 4.69) is 33.2 Å². The Morgan fingerprint density at radius 3 is 2.24 bits per heavy atom. The van der Waals surface area contributed by atoms with E-state index in [0.717, 1.165) is 27.9 Å². The second-order valence-corrected chi connectivity index (χ2v) is 7.66. The molecule has 1 aromatic rings. The first-order valence-electron chi connectivity index (χ1n) is 8.33. The highest BCUT2D eigenvalue weighted by molar-refractivity contribution is 9.10. The SMILES string of the molecule is O=C1[C@@H]2[C@H](C(=O)N1/N=C\c1cc3c(cc1Br)OCO3)[C@@H]1C=C[C@H]2CC1. The van der Waals surface area contributed by atoms with Crippen molar-refractivity contribution in [1.29, 1.82) is 0 Å². The summed E-state index contributed by atoms with van der Waals surface area (Å²) in [5.41, 5.74) is 0.723. The highest BCUT2D eigenvalue weighted by Crippen LogP contribution is 2.49. The number of ether oxygens (including phenoxy) is 2. The highest BCUT2D eigenvalue weighted by atomic mass is 79.9. The normalized spacial score (nSPS) is 32.1. The molecule has 2 bridgehead atoms. The molecule has 2 aliphatic heterocycles. The lowest BCUT2D eigenvalue weighted by Crippen LogP contribution is -2.38. The van der Waals surface area contributed by atoms with Crippen LogP contribution in [0.2, 0.25) is 0 Å². The molecule has 0 radical (unpaired) electrons. The van der Waals surface area contributed by atoms with E-state index in [0.29, 0.717) is 11.5 Å². The zero-order valence-corrected chi connectivity index (χ0v) is 14.8. The highest BCUT2D eigenvalue weighted by Gasteiger charge is 2.56. The molecule has 4 atom stereocenters. The van der Waals surface area contributed by atoms with Gasteiger partial charge >= 0.3 is 0 Å². The second kappa shape index (κ2) is 5.42. The van der Waals surface area contributed by atoms with Crippen LogP contribution in [0, 0.1) is 23.7 Å². The molecule has 0 aromatic heterocycles. The summed E-state index contributed by atoms with van der Waals surface area (Å²) in [6.45, 7) is 0.185. The van der Waals surface area contributed by atoms with Gasteiger partial charge in [0.25, 0.3) is 11.8 Å². The molecule has 1 saturated heterocycles. The molecular formula is C18H15BrN2O4. The van der Waals surface area contributed by atoms with Crippen molar-refractivity contribution in [3.05, 3.63) is 34.3 Å². The maximum Gasteiger partial charge on any atom is 0.254 e. The number of nitrogens with zero attached hydrogens (tertiary/aromatic N) is 2. The first kappa shape index (κ1) is 15.1. The summed E-state index contributed by atoms with van der Waals surface area (Å²) in [7, 11) is 0. The minimum absolute atomic E-state index is 0.170. The van der Waals surface area contributed by atoms with E-state index in [1.54, 1.807) is 12.1 Å². The average molecular weight is 403 g/mol. The summed E-state index contributed by atoms with van der Waals surface area (Å²) >= 11 is 3.45. The Labute approximate surface area is 152 Å². The maximum atomic E-state index is 12.7. The molecular weight excluding hydrogens is 388 g/mol. The predicted octanol–water partition coefficient (Wildman–Crippen LogP) is 2.71. The van der Waals surface area contributed by atoms with Crippen LogP contribution in [0.1, 0.15) is 18.4 Å². The summed E-state index contributed by atoms with van der Waals surface area (Å²) in [4.78, 5) is 25.5. The molecule has 0 N–H and O–H groups in total. The van der Waals surface area contributed by atoms with Crippen molar-refractivity contribution in [3.63, 3.8) is 0 Å². The van der Waals surface area contributed by atoms with Gasteiger partial charge < -0.3 is 9.47 Å². The summed E-state index contributed by atoms with van der Waals surface area (Å²) < 4.78 is 11.4. The van der Waals surface area contributed by atoms with E-state index in [1.165, 1.54) is 6.21 Å². The maximum absolute atomic E-state index is 12.7. The summed E-state index contributed by atoms with van der Waals surface area (Å²) in [5, 5.41) is 5.28. The van der Waals surface area contributed by atoms with Crippen LogP contribution in [0.4, 0.5) is 0 Å². The first-order valence-corrected chi connectivity index (χ1v) is 9.12. The van der Waals surface area contributed by atoms with Crippen molar-refractivity contribution in [2.45, 2.75) is 12.8 Å². The Kier molecular flexibility index (Phi) is 3.28. The summed E-state index contributed by atoms with van der Waals surface area (Å²) in [6, 6.07) is 3.57. The quantitative estimate of drug-likeness (QED) is 0.433. The number of imide groups is 1. The van der Waals surface area contributed by atoms with Crippen LogP contribution < -0.4 is 9.47 Å². The lowest BCUT2D eigenvalue weighted by atomic mass is 9.63. The first-order chi connectivity index (χ1) is 12.1. The number of fused-ring (bicyclic) bond motifs is 2. The monoisotopic (exact) mass is 402 g/mol. The molecule has 1 saturated carbocycles. The van der Waals surface area contributed by atoms with Crippen molar-refractivity contribution in [2.24, 2.45) is 28.8 Å². The van der Waals surface area contributed by atoms with E-state index >= 15 is 0 Å².